The maximum absolute atomic E-state index is 14.1. The summed E-state index contributed by atoms with van der Waals surface area (Å²) in [6.07, 6.45) is 2.56. The number of rotatable bonds is 5. The molecule has 7 heteroatoms. The van der Waals surface area contributed by atoms with E-state index in [9.17, 15) is 18.4 Å². The summed E-state index contributed by atoms with van der Waals surface area (Å²) in [6.45, 7) is 0.929. The molecule has 1 heterocycles. The van der Waals surface area contributed by atoms with Gasteiger partial charge in [-0.2, -0.15) is 0 Å². The van der Waals surface area contributed by atoms with Crippen LogP contribution in [-0.2, 0) is 19.9 Å². The SMILES string of the molecule is COCC(=O)N1CCC[C@H](C(=O)NC2(c3cc(F)ccc3F)CC2)C1. The van der Waals surface area contributed by atoms with Gasteiger partial charge in [-0.25, -0.2) is 8.78 Å². The van der Waals surface area contributed by atoms with Crippen LogP contribution in [0.4, 0.5) is 8.78 Å². The fourth-order valence-corrected chi connectivity index (χ4v) is 3.42. The molecule has 1 aromatic rings. The lowest BCUT2D eigenvalue weighted by molar-refractivity contribution is -0.139. The standard InChI is InChI=1S/C18H22F2N2O3/c1-25-11-16(23)22-8-2-3-12(10-22)17(24)21-18(6-7-18)14-9-13(19)4-5-15(14)20/h4-5,9,12H,2-3,6-8,10-11H2,1H3,(H,21,24)/t12-/m0/s1. The van der Waals surface area contributed by atoms with Crippen molar-refractivity contribution in [1.29, 1.82) is 0 Å². The summed E-state index contributed by atoms with van der Waals surface area (Å²) < 4.78 is 32.4. The van der Waals surface area contributed by atoms with Gasteiger partial charge in [-0.1, -0.05) is 0 Å². The van der Waals surface area contributed by atoms with E-state index in [1.54, 1.807) is 4.90 Å². The molecule has 0 bridgehead atoms. The molecule has 25 heavy (non-hydrogen) atoms. The van der Waals surface area contributed by atoms with Gasteiger partial charge in [-0.15, -0.1) is 0 Å². The largest absolute Gasteiger partial charge is 0.375 e. The number of halogens is 2. The Morgan fingerprint density at radius 2 is 2.12 bits per heavy atom. The number of benzene rings is 1. The molecule has 1 N–H and O–H groups in total. The number of hydrogen-bond acceptors (Lipinski definition) is 3. The number of nitrogens with zero attached hydrogens (tertiary/aromatic N) is 1. The summed E-state index contributed by atoms with van der Waals surface area (Å²) in [5.74, 6) is -1.73. The van der Waals surface area contributed by atoms with E-state index in [-0.39, 0.29) is 29.9 Å². The maximum atomic E-state index is 14.1. The summed E-state index contributed by atoms with van der Waals surface area (Å²) in [4.78, 5) is 26.2. The number of nitrogens with one attached hydrogen (secondary N) is 1. The monoisotopic (exact) mass is 352 g/mol. The molecule has 1 saturated heterocycles. The van der Waals surface area contributed by atoms with E-state index in [1.165, 1.54) is 7.11 Å². The van der Waals surface area contributed by atoms with Crippen molar-refractivity contribution in [1.82, 2.24) is 10.2 Å². The highest BCUT2D eigenvalue weighted by Gasteiger charge is 2.48. The second-order valence-electron chi connectivity index (χ2n) is 6.81. The first-order valence-electron chi connectivity index (χ1n) is 8.49. The van der Waals surface area contributed by atoms with Gasteiger partial charge in [0.2, 0.25) is 11.8 Å². The Bertz CT molecular complexity index is 676. The van der Waals surface area contributed by atoms with Crippen LogP contribution in [0.25, 0.3) is 0 Å². The zero-order valence-corrected chi connectivity index (χ0v) is 14.2. The molecule has 3 rings (SSSR count). The van der Waals surface area contributed by atoms with Crippen LogP contribution >= 0.6 is 0 Å². The molecule has 2 aliphatic rings. The summed E-state index contributed by atoms with van der Waals surface area (Å²) in [7, 11) is 1.45. The maximum Gasteiger partial charge on any atom is 0.248 e. The number of hydrogen-bond donors (Lipinski definition) is 1. The average molecular weight is 352 g/mol. The number of amides is 2. The van der Waals surface area contributed by atoms with Crippen LogP contribution in [-0.4, -0.2) is 43.5 Å². The Balaban J connectivity index is 1.67. The van der Waals surface area contributed by atoms with E-state index in [0.29, 0.717) is 32.4 Å². The molecule has 0 spiro atoms. The Morgan fingerprint density at radius 1 is 1.36 bits per heavy atom. The topological polar surface area (TPSA) is 58.6 Å². The molecule has 1 atom stereocenters. The molecular weight excluding hydrogens is 330 g/mol. The lowest BCUT2D eigenvalue weighted by Crippen LogP contribution is -2.48. The normalized spacial score (nSPS) is 21.7. The molecule has 1 aliphatic carbocycles. The fraction of sp³-hybridized carbons (Fsp3) is 0.556. The van der Waals surface area contributed by atoms with Crippen molar-refractivity contribution >= 4 is 11.8 Å². The number of carbonyl (C=O) groups is 2. The average Bonchev–Trinajstić information content (AvgIpc) is 3.38. The van der Waals surface area contributed by atoms with Crippen molar-refractivity contribution in [2.24, 2.45) is 5.92 Å². The van der Waals surface area contributed by atoms with Crippen molar-refractivity contribution in [3.8, 4) is 0 Å². The molecule has 0 aromatic heterocycles. The number of piperidine rings is 1. The number of ether oxygens (including phenoxy) is 1. The second-order valence-corrected chi connectivity index (χ2v) is 6.81. The third-order valence-electron chi connectivity index (χ3n) is 4.97. The quantitative estimate of drug-likeness (QED) is 0.881. The summed E-state index contributed by atoms with van der Waals surface area (Å²) in [5.41, 5.74) is -0.619. The smallest absolute Gasteiger partial charge is 0.248 e. The van der Waals surface area contributed by atoms with E-state index < -0.39 is 17.2 Å². The van der Waals surface area contributed by atoms with Crippen molar-refractivity contribution < 1.29 is 23.1 Å². The van der Waals surface area contributed by atoms with Crippen LogP contribution in [0.15, 0.2) is 18.2 Å². The van der Waals surface area contributed by atoms with Gasteiger partial charge in [0.25, 0.3) is 0 Å². The summed E-state index contributed by atoms with van der Waals surface area (Å²) in [6, 6.07) is 3.30. The van der Waals surface area contributed by atoms with Crippen molar-refractivity contribution in [2.75, 3.05) is 26.8 Å². The highest BCUT2D eigenvalue weighted by atomic mass is 19.1. The molecule has 1 aliphatic heterocycles. The second kappa shape index (κ2) is 7.07. The Kier molecular flexibility index (Phi) is 5.03. The molecule has 5 nitrogen and oxygen atoms in total. The predicted molar refractivity (Wildman–Crippen MR) is 86.6 cm³/mol. The van der Waals surface area contributed by atoms with Gasteiger partial charge >= 0.3 is 0 Å². The minimum atomic E-state index is -0.817. The first-order valence-corrected chi connectivity index (χ1v) is 8.49. The number of likely N-dealkylation sites (tertiary alicyclic amines) is 1. The van der Waals surface area contributed by atoms with E-state index in [2.05, 4.69) is 5.32 Å². The third-order valence-corrected chi connectivity index (χ3v) is 4.97. The third kappa shape index (κ3) is 3.81. The molecule has 0 radical (unpaired) electrons. The molecule has 1 aromatic carbocycles. The zero-order valence-electron chi connectivity index (χ0n) is 14.2. The van der Waals surface area contributed by atoms with Crippen molar-refractivity contribution in [3.05, 3.63) is 35.4 Å². The molecule has 0 unspecified atom stereocenters. The van der Waals surface area contributed by atoms with Gasteiger partial charge in [-0.05, 0) is 43.9 Å². The molecule has 2 amide bonds. The predicted octanol–water partition coefficient (Wildman–Crippen LogP) is 1.96. The van der Waals surface area contributed by atoms with Crippen LogP contribution in [0.2, 0.25) is 0 Å². The summed E-state index contributed by atoms with van der Waals surface area (Å²) >= 11 is 0. The molecule has 1 saturated carbocycles. The van der Waals surface area contributed by atoms with Gasteiger partial charge in [0.1, 0.15) is 18.2 Å². The minimum Gasteiger partial charge on any atom is -0.375 e. The van der Waals surface area contributed by atoms with Gasteiger partial charge in [-0.3, -0.25) is 9.59 Å². The number of carbonyl (C=O) groups excluding carboxylic acids is 2. The zero-order chi connectivity index (χ0) is 18.0. The first-order chi connectivity index (χ1) is 11.9. The number of methoxy groups -OCH3 is 1. The lowest BCUT2D eigenvalue weighted by atomic mass is 9.95. The Hall–Kier alpha value is -2.02. The van der Waals surface area contributed by atoms with Crippen LogP contribution in [0.1, 0.15) is 31.2 Å². The Morgan fingerprint density at radius 3 is 2.80 bits per heavy atom. The van der Waals surface area contributed by atoms with Crippen LogP contribution in [0, 0.1) is 17.6 Å². The molecule has 136 valence electrons. The first kappa shape index (κ1) is 17.8. The Labute approximate surface area is 145 Å². The van der Waals surface area contributed by atoms with E-state index in [1.807, 2.05) is 0 Å². The van der Waals surface area contributed by atoms with Crippen LogP contribution in [0.3, 0.4) is 0 Å². The molecular formula is C18H22F2N2O3. The lowest BCUT2D eigenvalue weighted by Gasteiger charge is -2.33. The van der Waals surface area contributed by atoms with Gasteiger partial charge in [0.15, 0.2) is 0 Å². The van der Waals surface area contributed by atoms with E-state index in [0.717, 1.165) is 24.6 Å². The van der Waals surface area contributed by atoms with Gasteiger partial charge in [0, 0.05) is 25.8 Å². The van der Waals surface area contributed by atoms with Gasteiger partial charge in [0.05, 0.1) is 11.5 Å². The van der Waals surface area contributed by atoms with Crippen LogP contribution in [0.5, 0.6) is 0 Å². The van der Waals surface area contributed by atoms with Gasteiger partial charge < -0.3 is 15.0 Å². The van der Waals surface area contributed by atoms with E-state index >= 15 is 0 Å². The highest BCUT2D eigenvalue weighted by molar-refractivity contribution is 5.82. The van der Waals surface area contributed by atoms with Crippen molar-refractivity contribution in [2.45, 2.75) is 31.2 Å². The van der Waals surface area contributed by atoms with E-state index in [4.69, 9.17) is 4.74 Å². The minimum absolute atomic E-state index is 0.00716. The summed E-state index contributed by atoms with van der Waals surface area (Å²) in [5, 5.41) is 2.90. The fourth-order valence-electron chi connectivity index (χ4n) is 3.42. The van der Waals surface area contributed by atoms with Crippen molar-refractivity contribution in [3.63, 3.8) is 0 Å². The highest BCUT2D eigenvalue weighted by Crippen LogP contribution is 2.47. The molecule has 2 fully saturated rings. The van der Waals surface area contributed by atoms with Crippen LogP contribution < -0.4 is 5.32 Å².